The van der Waals surface area contributed by atoms with Crippen LogP contribution in [0.25, 0.3) is 6.08 Å². The van der Waals surface area contributed by atoms with Crippen molar-refractivity contribution in [2.45, 2.75) is 13.8 Å². The number of aryl methyl sites for hydroxylation is 2. The Bertz CT molecular complexity index is 1120. The molecule has 0 saturated carbocycles. The molecule has 0 aromatic heterocycles. The minimum Gasteiger partial charge on any atom is -0.322 e. The van der Waals surface area contributed by atoms with E-state index in [4.69, 9.17) is 0 Å². The van der Waals surface area contributed by atoms with E-state index in [9.17, 15) is 14.4 Å². The molecule has 6 nitrogen and oxygen atoms in total. The van der Waals surface area contributed by atoms with Gasteiger partial charge in [0.05, 0.1) is 0 Å². The van der Waals surface area contributed by atoms with E-state index in [1.807, 2.05) is 50.2 Å². The SMILES string of the molecule is Cc1ccc(/C=C/C(=O)NNC(=O)c2ccc(NC(=O)c3ccccc3C)cc2)cc1. The third kappa shape index (κ3) is 6.14. The van der Waals surface area contributed by atoms with Gasteiger partial charge in [0.25, 0.3) is 17.7 Å². The van der Waals surface area contributed by atoms with Crippen LogP contribution in [0.3, 0.4) is 0 Å². The van der Waals surface area contributed by atoms with Crippen molar-refractivity contribution in [1.82, 2.24) is 10.9 Å². The molecule has 3 N–H and O–H groups in total. The molecule has 0 atom stereocenters. The summed E-state index contributed by atoms with van der Waals surface area (Å²) in [5.74, 6) is -1.13. The molecule has 0 bridgehead atoms. The molecule has 3 aromatic carbocycles. The highest BCUT2D eigenvalue weighted by Gasteiger charge is 2.10. The maximum atomic E-state index is 12.4. The third-order valence-corrected chi connectivity index (χ3v) is 4.60. The number of hydrogen-bond donors (Lipinski definition) is 3. The molecule has 0 heterocycles. The number of anilines is 1. The first-order valence-electron chi connectivity index (χ1n) is 9.74. The van der Waals surface area contributed by atoms with E-state index >= 15 is 0 Å². The molecular weight excluding hydrogens is 390 g/mol. The van der Waals surface area contributed by atoms with E-state index in [1.165, 1.54) is 6.08 Å². The molecule has 0 saturated heterocycles. The van der Waals surface area contributed by atoms with Gasteiger partial charge in [-0.1, -0.05) is 48.0 Å². The van der Waals surface area contributed by atoms with Crippen LogP contribution in [-0.4, -0.2) is 17.7 Å². The molecule has 31 heavy (non-hydrogen) atoms. The lowest BCUT2D eigenvalue weighted by Gasteiger charge is -2.09. The van der Waals surface area contributed by atoms with Gasteiger partial charge < -0.3 is 5.32 Å². The van der Waals surface area contributed by atoms with Crippen LogP contribution in [0, 0.1) is 13.8 Å². The molecule has 156 valence electrons. The zero-order valence-corrected chi connectivity index (χ0v) is 17.3. The number of amides is 3. The zero-order chi connectivity index (χ0) is 22.2. The Morgan fingerprint density at radius 2 is 1.42 bits per heavy atom. The van der Waals surface area contributed by atoms with Crippen molar-refractivity contribution in [3.8, 4) is 0 Å². The van der Waals surface area contributed by atoms with Crippen LogP contribution >= 0.6 is 0 Å². The number of rotatable bonds is 5. The van der Waals surface area contributed by atoms with Crippen LogP contribution in [0.1, 0.15) is 37.4 Å². The third-order valence-electron chi connectivity index (χ3n) is 4.60. The first-order chi connectivity index (χ1) is 14.9. The summed E-state index contributed by atoms with van der Waals surface area (Å²) in [6.07, 6.45) is 3.00. The van der Waals surface area contributed by atoms with Crippen LogP contribution in [0.2, 0.25) is 0 Å². The Hall–Kier alpha value is -4.19. The maximum Gasteiger partial charge on any atom is 0.269 e. The first kappa shape index (κ1) is 21.5. The van der Waals surface area contributed by atoms with Gasteiger partial charge in [0.1, 0.15) is 0 Å². The lowest BCUT2D eigenvalue weighted by molar-refractivity contribution is -0.117. The summed E-state index contributed by atoms with van der Waals surface area (Å²) in [4.78, 5) is 36.5. The van der Waals surface area contributed by atoms with Crippen LogP contribution in [0.5, 0.6) is 0 Å². The quantitative estimate of drug-likeness (QED) is 0.436. The zero-order valence-electron chi connectivity index (χ0n) is 17.3. The molecule has 0 aliphatic heterocycles. The molecule has 3 aromatic rings. The normalized spacial score (nSPS) is 10.5. The smallest absolute Gasteiger partial charge is 0.269 e. The molecule has 0 unspecified atom stereocenters. The Labute approximate surface area is 181 Å². The average Bonchev–Trinajstić information content (AvgIpc) is 2.78. The van der Waals surface area contributed by atoms with Gasteiger partial charge in [0, 0.05) is 22.9 Å². The summed E-state index contributed by atoms with van der Waals surface area (Å²) >= 11 is 0. The summed E-state index contributed by atoms with van der Waals surface area (Å²) < 4.78 is 0. The van der Waals surface area contributed by atoms with Gasteiger partial charge in [-0.05, 0) is 61.4 Å². The van der Waals surface area contributed by atoms with Crippen molar-refractivity contribution >= 4 is 29.5 Å². The second-order valence-corrected chi connectivity index (χ2v) is 7.03. The fourth-order valence-electron chi connectivity index (χ4n) is 2.81. The summed E-state index contributed by atoms with van der Waals surface area (Å²) in [6, 6.07) is 21.4. The molecule has 3 rings (SSSR count). The van der Waals surface area contributed by atoms with Gasteiger partial charge >= 0.3 is 0 Å². The van der Waals surface area contributed by atoms with E-state index in [0.29, 0.717) is 16.8 Å². The Morgan fingerprint density at radius 1 is 0.742 bits per heavy atom. The van der Waals surface area contributed by atoms with Gasteiger partial charge in [-0.2, -0.15) is 0 Å². The summed E-state index contributed by atoms with van der Waals surface area (Å²) in [5, 5.41) is 2.80. The number of benzene rings is 3. The summed E-state index contributed by atoms with van der Waals surface area (Å²) in [5.41, 5.74) is 9.10. The second-order valence-electron chi connectivity index (χ2n) is 7.03. The maximum absolute atomic E-state index is 12.4. The molecule has 0 fully saturated rings. The highest BCUT2D eigenvalue weighted by molar-refractivity contribution is 6.05. The second kappa shape index (κ2) is 10.0. The van der Waals surface area contributed by atoms with Gasteiger partial charge in [0.15, 0.2) is 0 Å². The molecule has 6 heteroatoms. The lowest BCUT2D eigenvalue weighted by atomic mass is 10.1. The standard InChI is InChI=1S/C25H23N3O3/c1-17-7-9-19(10-8-17)11-16-23(29)27-28-24(30)20-12-14-21(15-13-20)26-25(31)22-6-4-3-5-18(22)2/h3-16H,1-2H3,(H,26,31)(H,27,29)(H,28,30)/b16-11+. The predicted octanol–water partition coefficient (Wildman–Crippen LogP) is 4.03. The number of nitrogens with one attached hydrogen (secondary N) is 3. The summed E-state index contributed by atoms with van der Waals surface area (Å²) in [7, 11) is 0. The van der Waals surface area contributed by atoms with Crippen molar-refractivity contribution in [3.05, 3.63) is 107 Å². The average molecular weight is 413 g/mol. The molecule has 3 amide bonds. The minimum absolute atomic E-state index is 0.220. The highest BCUT2D eigenvalue weighted by atomic mass is 16.2. The molecule has 0 aliphatic carbocycles. The van der Waals surface area contributed by atoms with E-state index in [2.05, 4.69) is 16.2 Å². The first-order valence-corrected chi connectivity index (χ1v) is 9.74. The Balaban J connectivity index is 1.51. The lowest BCUT2D eigenvalue weighted by Crippen LogP contribution is -2.40. The number of hydrazine groups is 1. The summed E-state index contributed by atoms with van der Waals surface area (Å²) in [6.45, 7) is 3.85. The fraction of sp³-hybridized carbons (Fsp3) is 0.0800. The van der Waals surface area contributed by atoms with Gasteiger partial charge in [-0.15, -0.1) is 0 Å². The van der Waals surface area contributed by atoms with E-state index in [1.54, 1.807) is 42.5 Å². The topological polar surface area (TPSA) is 87.3 Å². The van der Waals surface area contributed by atoms with Crippen molar-refractivity contribution in [3.63, 3.8) is 0 Å². The fourth-order valence-corrected chi connectivity index (χ4v) is 2.81. The van der Waals surface area contributed by atoms with Crippen molar-refractivity contribution in [2.75, 3.05) is 5.32 Å². The van der Waals surface area contributed by atoms with Crippen molar-refractivity contribution in [2.24, 2.45) is 0 Å². The molecular formula is C25H23N3O3. The van der Waals surface area contributed by atoms with Crippen LogP contribution in [0.4, 0.5) is 5.69 Å². The minimum atomic E-state index is -0.464. The highest BCUT2D eigenvalue weighted by Crippen LogP contribution is 2.13. The van der Waals surface area contributed by atoms with Gasteiger partial charge in [-0.25, -0.2) is 0 Å². The van der Waals surface area contributed by atoms with Crippen LogP contribution < -0.4 is 16.2 Å². The molecule has 0 aliphatic rings. The predicted molar refractivity (Wildman–Crippen MR) is 121 cm³/mol. The van der Waals surface area contributed by atoms with Crippen LogP contribution in [-0.2, 0) is 4.79 Å². The Kier molecular flexibility index (Phi) is 6.96. The van der Waals surface area contributed by atoms with E-state index < -0.39 is 11.8 Å². The monoisotopic (exact) mass is 413 g/mol. The number of carbonyl (C=O) groups is 3. The molecule has 0 radical (unpaired) electrons. The number of hydrogen-bond acceptors (Lipinski definition) is 3. The Morgan fingerprint density at radius 3 is 2.10 bits per heavy atom. The van der Waals surface area contributed by atoms with E-state index in [0.717, 1.165) is 16.7 Å². The van der Waals surface area contributed by atoms with E-state index in [-0.39, 0.29) is 5.91 Å². The van der Waals surface area contributed by atoms with Gasteiger partial charge in [0.2, 0.25) is 0 Å². The van der Waals surface area contributed by atoms with Crippen molar-refractivity contribution < 1.29 is 14.4 Å². The van der Waals surface area contributed by atoms with Crippen LogP contribution in [0.15, 0.2) is 78.9 Å². The molecule has 0 spiro atoms. The van der Waals surface area contributed by atoms with Crippen molar-refractivity contribution in [1.29, 1.82) is 0 Å². The largest absolute Gasteiger partial charge is 0.322 e. The number of carbonyl (C=O) groups excluding carboxylic acids is 3. The van der Waals surface area contributed by atoms with Gasteiger partial charge in [-0.3, -0.25) is 25.2 Å².